The Morgan fingerprint density at radius 3 is 2.78 bits per heavy atom. The van der Waals surface area contributed by atoms with E-state index in [0.717, 1.165) is 31.6 Å². The fraction of sp³-hybridized carbons (Fsp3) is 0.538. The minimum absolute atomic E-state index is 0.0161. The van der Waals surface area contributed by atoms with E-state index in [1.54, 1.807) is 12.3 Å². The minimum atomic E-state index is 0.0161. The van der Waals surface area contributed by atoms with Crippen LogP contribution in [0, 0.1) is 12.8 Å². The lowest BCUT2D eigenvalue weighted by molar-refractivity contribution is 0.0698. The number of piperidine rings is 1. The molecule has 2 rings (SSSR count). The normalized spacial score (nSPS) is 16.7. The zero-order valence-corrected chi connectivity index (χ0v) is 10.9. The Morgan fingerprint density at radius 1 is 1.50 bits per heavy atom. The summed E-state index contributed by atoms with van der Waals surface area (Å²) in [7, 11) is 0. The molecule has 0 bridgehead atoms. The third-order valence-electron chi connectivity index (χ3n) is 3.50. The number of rotatable bonds is 2. The number of anilines is 1. The molecule has 98 valence electrons. The van der Waals surface area contributed by atoms with Gasteiger partial charge < -0.3 is 10.3 Å². The number of nitrogens with one attached hydrogen (secondary N) is 1. The molecule has 1 aliphatic rings. The summed E-state index contributed by atoms with van der Waals surface area (Å²) in [5.41, 5.74) is 4.62. The fourth-order valence-electron chi connectivity index (χ4n) is 2.23. The largest absolute Gasteiger partial charge is 0.339 e. The van der Waals surface area contributed by atoms with Crippen molar-refractivity contribution in [3.63, 3.8) is 0 Å². The van der Waals surface area contributed by atoms with Gasteiger partial charge in [-0.3, -0.25) is 15.6 Å². The van der Waals surface area contributed by atoms with Crippen molar-refractivity contribution in [3.8, 4) is 0 Å². The van der Waals surface area contributed by atoms with Gasteiger partial charge in [0.15, 0.2) is 0 Å². The molecule has 0 radical (unpaired) electrons. The number of hydrogen-bond acceptors (Lipinski definition) is 4. The number of likely N-dealkylation sites (tertiary alicyclic amines) is 1. The minimum Gasteiger partial charge on any atom is -0.339 e. The number of nitrogen functional groups attached to an aromatic ring is 1. The van der Waals surface area contributed by atoms with Crippen molar-refractivity contribution in [3.05, 3.63) is 23.5 Å². The number of carbonyl (C=O) groups excluding carboxylic acids is 1. The van der Waals surface area contributed by atoms with Crippen LogP contribution in [-0.2, 0) is 0 Å². The molecule has 18 heavy (non-hydrogen) atoms. The zero-order valence-electron chi connectivity index (χ0n) is 10.9. The first-order valence-electron chi connectivity index (χ1n) is 6.34. The first-order chi connectivity index (χ1) is 8.61. The van der Waals surface area contributed by atoms with E-state index in [2.05, 4.69) is 17.3 Å². The molecule has 3 N–H and O–H groups in total. The van der Waals surface area contributed by atoms with Crippen LogP contribution in [0.25, 0.3) is 0 Å². The van der Waals surface area contributed by atoms with Gasteiger partial charge >= 0.3 is 0 Å². The third kappa shape index (κ3) is 2.61. The summed E-state index contributed by atoms with van der Waals surface area (Å²) < 4.78 is 0. The van der Waals surface area contributed by atoms with Crippen molar-refractivity contribution in [2.45, 2.75) is 26.7 Å². The average molecular weight is 248 g/mol. The molecule has 0 atom stereocenters. The maximum absolute atomic E-state index is 12.4. The number of nitrogens with zero attached hydrogens (tertiary/aromatic N) is 2. The number of amides is 1. The second-order valence-corrected chi connectivity index (χ2v) is 4.99. The van der Waals surface area contributed by atoms with Crippen LogP contribution in [0.4, 0.5) is 5.69 Å². The topological polar surface area (TPSA) is 71.2 Å². The molecule has 1 amide bonds. The number of carbonyl (C=O) groups is 1. The predicted molar refractivity (Wildman–Crippen MR) is 71.1 cm³/mol. The highest BCUT2D eigenvalue weighted by molar-refractivity contribution is 5.99. The Morgan fingerprint density at radius 2 is 2.17 bits per heavy atom. The van der Waals surface area contributed by atoms with Crippen LogP contribution in [0.2, 0.25) is 0 Å². The Balaban J connectivity index is 2.18. The molecule has 1 saturated heterocycles. The molecule has 5 nitrogen and oxygen atoms in total. The Labute approximate surface area is 107 Å². The van der Waals surface area contributed by atoms with E-state index in [-0.39, 0.29) is 5.91 Å². The van der Waals surface area contributed by atoms with Crippen molar-refractivity contribution in [1.82, 2.24) is 9.88 Å². The van der Waals surface area contributed by atoms with E-state index in [9.17, 15) is 4.79 Å². The second-order valence-electron chi connectivity index (χ2n) is 4.99. The van der Waals surface area contributed by atoms with E-state index < -0.39 is 0 Å². The van der Waals surface area contributed by atoms with E-state index in [4.69, 9.17) is 5.84 Å². The number of aryl methyl sites for hydroxylation is 1. The molecule has 1 aromatic heterocycles. The van der Waals surface area contributed by atoms with Crippen LogP contribution in [0.1, 0.15) is 35.8 Å². The van der Waals surface area contributed by atoms with E-state index >= 15 is 0 Å². The SMILES string of the molecule is Cc1cc(NN)c(C(=O)N2CCC(C)CC2)cn1. The van der Waals surface area contributed by atoms with Crippen molar-refractivity contribution in [2.75, 3.05) is 18.5 Å². The van der Waals surface area contributed by atoms with Crippen LogP contribution >= 0.6 is 0 Å². The number of aromatic nitrogens is 1. The Hall–Kier alpha value is -1.62. The maximum atomic E-state index is 12.4. The van der Waals surface area contributed by atoms with Crippen LogP contribution < -0.4 is 11.3 Å². The van der Waals surface area contributed by atoms with Gasteiger partial charge in [-0.05, 0) is 31.7 Å². The molecule has 2 heterocycles. The summed E-state index contributed by atoms with van der Waals surface area (Å²) in [5, 5.41) is 0. The molecule has 0 aromatic carbocycles. The second kappa shape index (κ2) is 5.35. The molecule has 0 spiro atoms. The van der Waals surface area contributed by atoms with Gasteiger partial charge in [0.2, 0.25) is 0 Å². The summed E-state index contributed by atoms with van der Waals surface area (Å²) in [5.74, 6) is 6.18. The molecular weight excluding hydrogens is 228 g/mol. The lowest BCUT2D eigenvalue weighted by atomic mass is 9.98. The molecule has 0 saturated carbocycles. The van der Waals surface area contributed by atoms with Crippen LogP contribution in [0.5, 0.6) is 0 Å². The molecule has 0 aliphatic carbocycles. The van der Waals surface area contributed by atoms with E-state index in [1.165, 1.54) is 0 Å². The Kier molecular flexibility index (Phi) is 3.81. The van der Waals surface area contributed by atoms with Crippen molar-refractivity contribution < 1.29 is 4.79 Å². The summed E-state index contributed by atoms with van der Waals surface area (Å²) in [6.45, 7) is 5.73. The standard InChI is InChI=1S/C13H20N4O/c1-9-3-5-17(6-4-9)13(18)11-8-15-10(2)7-12(11)16-14/h7-9H,3-6,14H2,1-2H3,(H,15,16). The van der Waals surface area contributed by atoms with Gasteiger partial charge in [0.1, 0.15) is 0 Å². The average Bonchev–Trinajstić information content (AvgIpc) is 2.38. The summed E-state index contributed by atoms with van der Waals surface area (Å²) in [4.78, 5) is 18.4. The number of nitrogens with two attached hydrogens (primary N) is 1. The quantitative estimate of drug-likeness (QED) is 0.615. The van der Waals surface area contributed by atoms with Gasteiger partial charge in [-0.2, -0.15) is 0 Å². The maximum Gasteiger partial charge on any atom is 0.257 e. The highest BCUT2D eigenvalue weighted by atomic mass is 16.2. The molecule has 0 unspecified atom stereocenters. The van der Waals surface area contributed by atoms with Gasteiger partial charge in [-0.1, -0.05) is 6.92 Å². The summed E-state index contributed by atoms with van der Waals surface area (Å²) in [6.07, 6.45) is 3.73. The molecule has 1 aromatic rings. The number of hydrogen-bond donors (Lipinski definition) is 2. The van der Waals surface area contributed by atoms with Gasteiger partial charge in [0, 0.05) is 25.0 Å². The van der Waals surface area contributed by atoms with Crippen LogP contribution in [-0.4, -0.2) is 28.9 Å². The summed E-state index contributed by atoms with van der Waals surface area (Å²) in [6, 6.07) is 1.79. The number of hydrazine groups is 1. The third-order valence-corrected chi connectivity index (χ3v) is 3.50. The van der Waals surface area contributed by atoms with Gasteiger partial charge in [-0.15, -0.1) is 0 Å². The molecule has 1 aliphatic heterocycles. The van der Waals surface area contributed by atoms with Crippen molar-refractivity contribution in [2.24, 2.45) is 11.8 Å². The lowest BCUT2D eigenvalue weighted by Gasteiger charge is -2.30. The monoisotopic (exact) mass is 248 g/mol. The molecule has 1 fully saturated rings. The van der Waals surface area contributed by atoms with Crippen molar-refractivity contribution >= 4 is 11.6 Å². The Bertz CT molecular complexity index is 439. The van der Waals surface area contributed by atoms with Gasteiger partial charge in [0.25, 0.3) is 5.91 Å². The predicted octanol–water partition coefficient (Wildman–Crippen LogP) is 1.55. The smallest absolute Gasteiger partial charge is 0.257 e. The van der Waals surface area contributed by atoms with E-state index in [1.807, 2.05) is 11.8 Å². The highest BCUT2D eigenvalue weighted by Crippen LogP contribution is 2.21. The first-order valence-corrected chi connectivity index (χ1v) is 6.34. The lowest BCUT2D eigenvalue weighted by Crippen LogP contribution is -2.38. The first kappa shape index (κ1) is 12.8. The number of pyridine rings is 1. The van der Waals surface area contributed by atoms with Gasteiger partial charge in [0.05, 0.1) is 11.3 Å². The fourth-order valence-corrected chi connectivity index (χ4v) is 2.23. The molecular formula is C13H20N4O. The van der Waals surface area contributed by atoms with Gasteiger partial charge in [-0.25, -0.2) is 0 Å². The molecule has 5 heteroatoms. The van der Waals surface area contributed by atoms with E-state index in [0.29, 0.717) is 17.2 Å². The van der Waals surface area contributed by atoms with Crippen LogP contribution in [0.15, 0.2) is 12.3 Å². The van der Waals surface area contributed by atoms with Crippen LogP contribution in [0.3, 0.4) is 0 Å². The van der Waals surface area contributed by atoms with Crippen molar-refractivity contribution in [1.29, 1.82) is 0 Å². The summed E-state index contributed by atoms with van der Waals surface area (Å²) >= 11 is 0. The highest BCUT2D eigenvalue weighted by Gasteiger charge is 2.23. The zero-order chi connectivity index (χ0) is 13.1.